The minimum atomic E-state index is 0. The molecular weight excluding hydrogens is 354 g/mol. The number of pyridine rings is 1. The predicted molar refractivity (Wildman–Crippen MR) is 115 cm³/mol. The summed E-state index contributed by atoms with van der Waals surface area (Å²) in [6.07, 6.45) is 6.16. The molecule has 4 aromatic rings. The van der Waals surface area contributed by atoms with Crippen LogP contribution >= 0.6 is 12.4 Å². The summed E-state index contributed by atoms with van der Waals surface area (Å²) in [7, 11) is 0. The maximum atomic E-state index is 5.11. The van der Waals surface area contributed by atoms with Crippen molar-refractivity contribution in [2.75, 3.05) is 13.1 Å². The van der Waals surface area contributed by atoms with Gasteiger partial charge in [-0.15, -0.1) is 12.4 Å². The number of halogens is 1. The standard InChI is InChI=1S/C23H23N3.ClH/c1-3-10-19(11-4-1)22-21(17-25-14-7-2-8-15-25)26-16-13-18-9-5-6-12-20(18)23(26)24-22;/h1,3-6,9-13,16H,2,7-8,14-15,17H2;1H. The highest BCUT2D eigenvalue weighted by Gasteiger charge is 2.19. The third-order valence-corrected chi connectivity index (χ3v) is 5.48. The SMILES string of the molecule is Cl.c1ccc(-c2nc3c4ccccc4ccn3c2CN2CCCCC2)cc1. The predicted octanol–water partition coefficient (Wildman–Crippen LogP) is 5.56. The number of aromatic nitrogens is 2. The Kier molecular flexibility index (Phi) is 5.15. The molecule has 138 valence electrons. The maximum Gasteiger partial charge on any atom is 0.145 e. The molecule has 2 aromatic carbocycles. The van der Waals surface area contributed by atoms with Gasteiger partial charge in [0.1, 0.15) is 5.65 Å². The molecule has 0 bridgehead atoms. The van der Waals surface area contributed by atoms with Crippen LogP contribution in [0.2, 0.25) is 0 Å². The van der Waals surface area contributed by atoms with Gasteiger partial charge in [0.15, 0.2) is 0 Å². The van der Waals surface area contributed by atoms with Gasteiger partial charge < -0.3 is 4.40 Å². The summed E-state index contributed by atoms with van der Waals surface area (Å²) < 4.78 is 2.30. The number of hydrogen-bond donors (Lipinski definition) is 0. The van der Waals surface area contributed by atoms with Crippen molar-refractivity contribution in [1.29, 1.82) is 0 Å². The first kappa shape index (κ1) is 18.0. The van der Waals surface area contributed by atoms with Gasteiger partial charge in [0.05, 0.1) is 11.4 Å². The quantitative estimate of drug-likeness (QED) is 0.465. The normalized spacial score (nSPS) is 15.1. The van der Waals surface area contributed by atoms with E-state index in [1.807, 2.05) is 0 Å². The number of fused-ring (bicyclic) bond motifs is 3. The highest BCUT2D eigenvalue weighted by molar-refractivity contribution is 5.95. The van der Waals surface area contributed by atoms with E-state index in [9.17, 15) is 0 Å². The largest absolute Gasteiger partial charge is 0.302 e. The smallest absolute Gasteiger partial charge is 0.145 e. The molecule has 1 fully saturated rings. The number of nitrogens with zero attached hydrogens (tertiary/aromatic N) is 3. The van der Waals surface area contributed by atoms with E-state index in [0.29, 0.717) is 0 Å². The zero-order chi connectivity index (χ0) is 17.3. The molecule has 1 aliphatic heterocycles. The Bertz CT molecular complexity index is 1050. The van der Waals surface area contributed by atoms with Crippen molar-refractivity contribution in [3.05, 3.63) is 72.6 Å². The lowest BCUT2D eigenvalue weighted by Gasteiger charge is -2.26. The van der Waals surface area contributed by atoms with Crippen LogP contribution in [0.15, 0.2) is 66.9 Å². The highest BCUT2D eigenvalue weighted by atomic mass is 35.5. The van der Waals surface area contributed by atoms with Crippen LogP contribution in [0.25, 0.3) is 27.7 Å². The Morgan fingerprint density at radius 2 is 1.56 bits per heavy atom. The molecular formula is C23H24ClN3. The third kappa shape index (κ3) is 3.33. The summed E-state index contributed by atoms with van der Waals surface area (Å²) in [5, 5.41) is 2.46. The zero-order valence-corrected chi connectivity index (χ0v) is 16.2. The molecule has 1 aliphatic rings. The fourth-order valence-electron chi connectivity index (χ4n) is 4.13. The summed E-state index contributed by atoms with van der Waals surface area (Å²) in [5.41, 5.74) is 4.69. The second kappa shape index (κ2) is 7.71. The number of piperidine rings is 1. The van der Waals surface area contributed by atoms with Crippen molar-refractivity contribution in [2.45, 2.75) is 25.8 Å². The lowest BCUT2D eigenvalue weighted by Crippen LogP contribution is -2.29. The lowest BCUT2D eigenvalue weighted by atomic mass is 10.1. The van der Waals surface area contributed by atoms with Crippen LogP contribution in [0.5, 0.6) is 0 Å². The number of benzene rings is 2. The fraction of sp³-hybridized carbons (Fsp3) is 0.261. The number of imidazole rings is 1. The van der Waals surface area contributed by atoms with Crippen molar-refractivity contribution in [3.8, 4) is 11.3 Å². The van der Waals surface area contributed by atoms with Crippen LogP contribution in [0, 0.1) is 0 Å². The van der Waals surface area contributed by atoms with Crippen LogP contribution in [0.3, 0.4) is 0 Å². The van der Waals surface area contributed by atoms with E-state index in [1.165, 1.54) is 54.4 Å². The van der Waals surface area contributed by atoms with Gasteiger partial charge in [0, 0.05) is 23.7 Å². The molecule has 0 N–H and O–H groups in total. The molecule has 3 heterocycles. The van der Waals surface area contributed by atoms with E-state index in [0.717, 1.165) is 17.9 Å². The molecule has 0 atom stereocenters. The van der Waals surface area contributed by atoms with Gasteiger partial charge in [0.25, 0.3) is 0 Å². The van der Waals surface area contributed by atoms with Crippen molar-refractivity contribution < 1.29 is 0 Å². The summed E-state index contributed by atoms with van der Waals surface area (Å²) in [6.45, 7) is 3.34. The number of rotatable bonds is 3. The molecule has 1 saturated heterocycles. The highest BCUT2D eigenvalue weighted by Crippen LogP contribution is 2.29. The Morgan fingerprint density at radius 3 is 2.37 bits per heavy atom. The van der Waals surface area contributed by atoms with Gasteiger partial charge in [0.2, 0.25) is 0 Å². The van der Waals surface area contributed by atoms with Gasteiger partial charge >= 0.3 is 0 Å². The Balaban J connectivity index is 0.00000180. The van der Waals surface area contributed by atoms with Gasteiger partial charge in [-0.2, -0.15) is 0 Å². The first-order chi connectivity index (χ1) is 12.9. The molecule has 0 saturated carbocycles. The van der Waals surface area contributed by atoms with Crippen LogP contribution in [-0.4, -0.2) is 27.4 Å². The molecule has 3 nitrogen and oxygen atoms in total. The molecule has 0 radical (unpaired) electrons. The summed E-state index contributed by atoms with van der Waals surface area (Å²) in [6, 6.07) is 21.3. The van der Waals surface area contributed by atoms with Crippen LogP contribution in [0.1, 0.15) is 25.0 Å². The Hall–Kier alpha value is -2.36. The summed E-state index contributed by atoms with van der Waals surface area (Å²) in [5.74, 6) is 0. The van der Waals surface area contributed by atoms with E-state index in [1.54, 1.807) is 0 Å². The Morgan fingerprint density at radius 1 is 0.815 bits per heavy atom. The molecule has 2 aromatic heterocycles. The van der Waals surface area contributed by atoms with Gasteiger partial charge in [-0.1, -0.05) is 61.0 Å². The third-order valence-electron chi connectivity index (χ3n) is 5.48. The van der Waals surface area contributed by atoms with E-state index in [2.05, 4.69) is 76.2 Å². The molecule has 4 heteroatoms. The van der Waals surface area contributed by atoms with Gasteiger partial charge in [-0.05, 0) is 37.4 Å². The van der Waals surface area contributed by atoms with E-state index in [-0.39, 0.29) is 12.4 Å². The summed E-state index contributed by atoms with van der Waals surface area (Å²) in [4.78, 5) is 7.69. The number of hydrogen-bond acceptors (Lipinski definition) is 2. The monoisotopic (exact) mass is 377 g/mol. The van der Waals surface area contributed by atoms with Gasteiger partial charge in [-0.3, -0.25) is 4.90 Å². The molecule has 0 amide bonds. The summed E-state index contributed by atoms with van der Waals surface area (Å²) >= 11 is 0. The molecule has 0 spiro atoms. The second-order valence-corrected chi connectivity index (χ2v) is 7.21. The van der Waals surface area contributed by atoms with E-state index in [4.69, 9.17) is 4.98 Å². The van der Waals surface area contributed by atoms with Crippen molar-refractivity contribution in [3.63, 3.8) is 0 Å². The topological polar surface area (TPSA) is 20.5 Å². The minimum Gasteiger partial charge on any atom is -0.302 e. The lowest BCUT2D eigenvalue weighted by molar-refractivity contribution is 0.218. The first-order valence-corrected chi connectivity index (χ1v) is 9.56. The van der Waals surface area contributed by atoms with Gasteiger partial charge in [-0.25, -0.2) is 4.98 Å². The Labute approximate surface area is 166 Å². The number of likely N-dealkylation sites (tertiary alicyclic amines) is 1. The first-order valence-electron chi connectivity index (χ1n) is 9.56. The molecule has 27 heavy (non-hydrogen) atoms. The second-order valence-electron chi connectivity index (χ2n) is 7.21. The van der Waals surface area contributed by atoms with E-state index < -0.39 is 0 Å². The molecule has 0 aliphatic carbocycles. The zero-order valence-electron chi connectivity index (χ0n) is 15.3. The van der Waals surface area contributed by atoms with Crippen LogP contribution in [-0.2, 0) is 6.54 Å². The van der Waals surface area contributed by atoms with Crippen LogP contribution < -0.4 is 0 Å². The molecule has 0 unspecified atom stereocenters. The average molecular weight is 378 g/mol. The molecule has 5 rings (SSSR count). The fourth-order valence-corrected chi connectivity index (χ4v) is 4.13. The van der Waals surface area contributed by atoms with Crippen LogP contribution in [0.4, 0.5) is 0 Å². The van der Waals surface area contributed by atoms with E-state index >= 15 is 0 Å². The van der Waals surface area contributed by atoms with Crippen molar-refractivity contribution >= 4 is 28.8 Å². The average Bonchev–Trinajstić information content (AvgIpc) is 3.08. The minimum absolute atomic E-state index is 0. The maximum absolute atomic E-state index is 5.11. The van der Waals surface area contributed by atoms with Crippen molar-refractivity contribution in [1.82, 2.24) is 14.3 Å². The van der Waals surface area contributed by atoms with Crippen molar-refractivity contribution in [2.24, 2.45) is 0 Å².